The third kappa shape index (κ3) is 8.86. The number of amides is 3. The van der Waals surface area contributed by atoms with Crippen LogP contribution in [0.15, 0.2) is 8.96 Å². The first-order valence-corrected chi connectivity index (χ1v) is 11.3. The van der Waals surface area contributed by atoms with Crippen molar-refractivity contribution in [3.63, 3.8) is 0 Å². The minimum atomic E-state index is -0.505. The minimum Gasteiger partial charge on any atom is -0.375 e. The molecule has 0 saturated heterocycles. The summed E-state index contributed by atoms with van der Waals surface area (Å²) >= 11 is 6.25. The van der Waals surface area contributed by atoms with E-state index in [-0.39, 0.29) is 39.3 Å². The number of hydrogen-bond acceptors (Lipinski definition) is 5. The Morgan fingerprint density at radius 1 is 0.966 bits per heavy atom. The third-order valence-corrected chi connectivity index (χ3v) is 6.47. The van der Waals surface area contributed by atoms with Gasteiger partial charge in [-0.15, -0.1) is 0 Å². The van der Waals surface area contributed by atoms with Crippen LogP contribution in [-0.2, 0) is 23.9 Å². The molecule has 29 heavy (non-hydrogen) atoms. The predicted octanol–water partition coefficient (Wildman–Crippen LogP) is 3.64. The quantitative estimate of drug-likeness (QED) is 0.383. The molecule has 0 bridgehead atoms. The first-order valence-electron chi connectivity index (χ1n) is 9.74. The summed E-state index contributed by atoms with van der Waals surface area (Å²) in [4.78, 5) is 37.0. The molecular formula is C20H32Br2N2O5. The van der Waals surface area contributed by atoms with Crippen molar-refractivity contribution in [2.75, 3.05) is 19.8 Å². The van der Waals surface area contributed by atoms with E-state index in [9.17, 15) is 14.4 Å². The average Bonchev–Trinajstić information content (AvgIpc) is 2.75. The number of rotatable bonds is 12. The molecule has 0 spiro atoms. The van der Waals surface area contributed by atoms with Gasteiger partial charge in [-0.25, -0.2) is 0 Å². The number of ether oxygens (including phenoxy) is 2. The maximum Gasteiger partial charge on any atom is 0.269 e. The highest BCUT2D eigenvalue weighted by Gasteiger charge is 2.36. The van der Waals surface area contributed by atoms with E-state index in [1.54, 1.807) is 0 Å². The Labute approximate surface area is 190 Å². The molecule has 9 heteroatoms. The molecule has 0 radical (unpaired) electrons. The summed E-state index contributed by atoms with van der Waals surface area (Å²) < 4.78 is 12.3. The van der Waals surface area contributed by atoms with Crippen LogP contribution in [0.3, 0.4) is 0 Å². The molecule has 0 aromatic heterocycles. The van der Waals surface area contributed by atoms with Crippen LogP contribution in [0.25, 0.3) is 0 Å². The number of nitrogens with zero attached hydrogens (tertiary/aromatic N) is 1. The van der Waals surface area contributed by atoms with E-state index in [4.69, 9.17) is 9.47 Å². The minimum absolute atomic E-state index is 0.0213. The second kappa shape index (κ2) is 11.0. The first-order chi connectivity index (χ1) is 13.3. The van der Waals surface area contributed by atoms with E-state index in [1.165, 1.54) is 4.90 Å². The van der Waals surface area contributed by atoms with Crippen molar-refractivity contribution in [3.8, 4) is 0 Å². The van der Waals surface area contributed by atoms with Crippen LogP contribution in [0.2, 0.25) is 0 Å². The van der Waals surface area contributed by atoms with Gasteiger partial charge in [-0.3, -0.25) is 19.3 Å². The number of nitrogens with one attached hydrogen (secondary N) is 1. The molecule has 1 aliphatic heterocycles. The molecule has 1 heterocycles. The topological polar surface area (TPSA) is 84.9 Å². The molecule has 166 valence electrons. The summed E-state index contributed by atoms with van der Waals surface area (Å²) in [6, 6.07) is 0.121. The lowest BCUT2D eigenvalue weighted by Gasteiger charge is -2.30. The maximum absolute atomic E-state index is 12.1. The van der Waals surface area contributed by atoms with Crippen LogP contribution in [0, 0.1) is 0 Å². The number of carbonyl (C=O) groups excluding carboxylic acids is 3. The van der Waals surface area contributed by atoms with Crippen molar-refractivity contribution in [3.05, 3.63) is 8.96 Å². The fourth-order valence-corrected chi connectivity index (χ4v) is 3.40. The van der Waals surface area contributed by atoms with Gasteiger partial charge in [0.1, 0.15) is 8.96 Å². The Hall–Kier alpha value is -0.770. The smallest absolute Gasteiger partial charge is 0.269 e. The standard InChI is InChI=1S/C20H32Br2N2O5/c1-13(2)23-14(25)7-11-28-20(5,6)9-12-29-19(3,4)8-10-24-17(26)15(21)16(22)18(24)27/h13H,7-12H2,1-6H3,(H,23,25). The average molecular weight is 540 g/mol. The summed E-state index contributed by atoms with van der Waals surface area (Å²) in [6.45, 7) is 12.7. The molecule has 1 aliphatic rings. The van der Waals surface area contributed by atoms with E-state index >= 15 is 0 Å². The van der Waals surface area contributed by atoms with Crippen LogP contribution in [0.1, 0.15) is 60.8 Å². The highest BCUT2D eigenvalue weighted by molar-refractivity contribution is 9.14. The van der Waals surface area contributed by atoms with Crippen molar-refractivity contribution >= 4 is 49.6 Å². The second-order valence-corrected chi connectivity index (χ2v) is 10.2. The molecule has 1 N–H and O–H groups in total. The lowest BCUT2D eigenvalue weighted by atomic mass is 10.0. The van der Waals surface area contributed by atoms with Gasteiger partial charge in [0.25, 0.3) is 11.8 Å². The van der Waals surface area contributed by atoms with Gasteiger partial charge in [-0.1, -0.05) is 0 Å². The molecule has 0 unspecified atom stereocenters. The van der Waals surface area contributed by atoms with Gasteiger partial charge in [0, 0.05) is 19.0 Å². The highest BCUT2D eigenvalue weighted by atomic mass is 79.9. The number of hydrogen-bond donors (Lipinski definition) is 1. The third-order valence-electron chi connectivity index (χ3n) is 4.46. The molecule has 7 nitrogen and oxygen atoms in total. The lowest BCUT2D eigenvalue weighted by Crippen LogP contribution is -2.38. The maximum atomic E-state index is 12.1. The molecule has 0 aromatic rings. The highest BCUT2D eigenvalue weighted by Crippen LogP contribution is 2.30. The van der Waals surface area contributed by atoms with Crippen LogP contribution < -0.4 is 5.32 Å². The molecule has 3 amide bonds. The van der Waals surface area contributed by atoms with Gasteiger partial charge < -0.3 is 14.8 Å². The summed E-state index contributed by atoms with van der Waals surface area (Å²) in [5, 5.41) is 2.84. The van der Waals surface area contributed by atoms with Crippen LogP contribution in [0.4, 0.5) is 0 Å². The summed E-state index contributed by atoms with van der Waals surface area (Å²) in [7, 11) is 0. The number of carbonyl (C=O) groups is 3. The zero-order valence-electron chi connectivity index (χ0n) is 18.1. The van der Waals surface area contributed by atoms with Crippen LogP contribution in [-0.4, -0.2) is 59.6 Å². The molecular weight excluding hydrogens is 508 g/mol. The largest absolute Gasteiger partial charge is 0.375 e. The lowest BCUT2D eigenvalue weighted by molar-refractivity contribution is -0.138. The normalized spacial score (nSPS) is 15.7. The van der Waals surface area contributed by atoms with Crippen molar-refractivity contribution in [1.29, 1.82) is 0 Å². The second-order valence-electron chi connectivity index (χ2n) is 8.58. The van der Waals surface area contributed by atoms with Gasteiger partial charge in [0.15, 0.2) is 0 Å². The molecule has 0 aromatic carbocycles. The van der Waals surface area contributed by atoms with Crippen molar-refractivity contribution in [2.45, 2.75) is 78.0 Å². The van der Waals surface area contributed by atoms with Crippen LogP contribution in [0.5, 0.6) is 0 Å². The molecule has 0 atom stereocenters. The summed E-state index contributed by atoms with van der Waals surface area (Å²) in [5.74, 6) is -0.700. The fourth-order valence-electron chi connectivity index (χ4n) is 2.63. The van der Waals surface area contributed by atoms with E-state index in [1.807, 2.05) is 41.5 Å². The summed E-state index contributed by atoms with van der Waals surface area (Å²) in [6.07, 6.45) is 1.50. The van der Waals surface area contributed by atoms with Gasteiger partial charge in [0.05, 0.1) is 24.4 Å². The Kier molecular flexibility index (Phi) is 9.98. The van der Waals surface area contributed by atoms with Crippen molar-refractivity contribution < 1.29 is 23.9 Å². The zero-order chi connectivity index (χ0) is 22.4. The van der Waals surface area contributed by atoms with Crippen LogP contribution >= 0.6 is 31.9 Å². The molecule has 0 fully saturated rings. The SMILES string of the molecule is CC(C)NC(=O)CCOC(C)(C)CCOC(C)(C)CCN1C(=O)C(Br)=C(Br)C1=O. The van der Waals surface area contributed by atoms with Crippen molar-refractivity contribution in [1.82, 2.24) is 10.2 Å². The monoisotopic (exact) mass is 538 g/mol. The van der Waals surface area contributed by atoms with Gasteiger partial charge in [-0.2, -0.15) is 0 Å². The zero-order valence-corrected chi connectivity index (χ0v) is 21.2. The Morgan fingerprint density at radius 3 is 1.97 bits per heavy atom. The van der Waals surface area contributed by atoms with E-state index < -0.39 is 11.2 Å². The van der Waals surface area contributed by atoms with Gasteiger partial charge in [0.2, 0.25) is 5.91 Å². The van der Waals surface area contributed by atoms with E-state index in [0.717, 1.165) is 0 Å². The van der Waals surface area contributed by atoms with Gasteiger partial charge in [-0.05, 0) is 86.2 Å². The molecule has 0 saturated carbocycles. The van der Waals surface area contributed by atoms with E-state index in [0.29, 0.717) is 32.5 Å². The number of halogens is 2. The first kappa shape index (κ1) is 26.3. The van der Waals surface area contributed by atoms with Gasteiger partial charge >= 0.3 is 0 Å². The number of imide groups is 1. The summed E-state index contributed by atoms with van der Waals surface area (Å²) in [5.41, 5.74) is -0.927. The van der Waals surface area contributed by atoms with E-state index in [2.05, 4.69) is 37.2 Å². The predicted molar refractivity (Wildman–Crippen MR) is 119 cm³/mol. The Morgan fingerprint density at radius 2 is 1.45 bits per heavy atom. The molecule has 0 aliphatic carbocycles. The fraction of sp³-hybridized carbons (Fsp3) is 0.750. The van der Waals surface area contributed by atoms with Crippen molar-refractivity contribution in [2.24, 2.45) is 0 Å². The Balaban J connectivity index is 2.35. The molecule has 1 rings (SSSR count). The Bertz CT molecular complexity index is 635.